The molecule has 0 aromatic carbocycles. The van der Waals surface area contributed by atoms with Crippen LogP contribution >= 0.6 is 0 Å². The molecule has 1 N–H and O–H groups in total. The standard InChI is InChI=1S/C10H22N2/c1-4-12-7-5-6-11-8-10(2,3)9-12/h11H,4-9H2,1-3H3. The lowest BCUT2D eigenvalue weighted by Gasteiger charge is -2.34. The van der Waals surface area contributed by atoms with Gasteiger partial charge in [0.05, 0.1) is 0 Å². The minimum Gasteiger partial charge on any atom is -0.316 e. The zero-order chi connectivity index (χ0) is 9.03. The molecule has 1 rings (SSSR count). The Morgan fingerprint density at radius 2 is 2.17 bits per heavy atom. The molecule has 2 nitrogen and oxygen atoms in total. The molecule has 0 aliphatic carbocycles. The van der Waals surface area contributed by atoms with Crippen molar-refractivity contribution in [3.63, 3.8) is 0 Å². The first-order valence-corrected chi connectivity index (χ1v) is 5.07. The van der Waals surface area contributed by atoms with E-state index < -0.39 is 0 Å². The van der Waals surface area contributed by atoms with E-state index in [1.54, 1.807) is 0 Å². The maximum atomic E-state index is 3.50. The van der Waals surface area contributed by atoms with Crippen LogP contribution in [0.15, 0.2) is 0 Å². The van der Waals surface area contributed by atoms with Crippen molar-refractivity contribution in [2.45, 2.75) is 27.2 Å². The fourth-order valence-corrected chi connectivity index (χ4v) is 1.86. The molecule has 12 heavy (non-hydrogen) atoms. The monoisotopic (exact) mass is 170 g/mol. The lowest BCUT2D eigenvalue weighted by atomic mass is 9.92. The Labute approximate surface area is 76.3 Å². The summed E-state index contributed by atoms with van der Waals surface area (Å²) < 4.78 is 0. The molecule has 1 heterocycles. The van der Waals surface area contributed by atoms with E-state index in [2.05, 4.69) is 31.0 Å². The molecular weight excluding hydrogens is 148 g/mol. The van der Waals surface area contributed by atoms with E-state index in [1.165, 1.54) is 32.6 Å². The fraction of sp³-hybridized carbons (Fsp3) is 1.00. The first-order valence-electron chi connectivity index (χ1n) is 5.07. The van der Waals surface area contributed by atoms with Gasteiger partial charge >= 0.3 is 0 Å². The van der Waals surface area contributed by atoms with Crippen molar-refractivity contribution < 1.29 is 0 Å². The largest absolute Gasteiger partial charge is 0.316 e. The third-order valence-corrected chi connectivity index (χ3v) is 2.53. The van der Waals surface area contributed by atoms with Gasteiger partial charge in [0.2, 0.25) is 0 Å². The van der Waals surface area contributed by atoms with Crippen molar-refractivity contribution in [3.05, 3.63) is 0 Å². The molecule has 2 heteroatoms. The minimum absolute atomic E-state index is 0.441. The van der Waals surface area contributed by atoms with Gasteiger partial charge < -0.3 is 10.2 Å². The molecule has 0 radical (unpaired) electrons. The number of nitrogens with one attached hydrogen (secondary N) is 1. The van der Waals surface area contributed by atoms with Crippen molar-refractivity contribution in [1.29, 1.82) is 0 Å². The molecule has 0 atom stereocenters. The van der Waals surface area contributed by atoms with Crippen LogP contribution in [0.2, 0.25) is 0 Å². The quantitative estimate of drug-likeness (QED) is 0.638. The average molecular weight is 170 g/mol. The van der Waals surface area contributed by atoms with E-state index in [0.29, 0.717) is 5.41 Å². The number of hydrogen-bond donors (Lipinski definition) is 1. The fourth-order valence-electron chi connectivity index (χ4n) is 1.86. The average Bonchev–Trinajstić information content (AvgIpc) is 1.97. The summed E-state index contributed by atoms with van der Waals surface area (Å²) in [6.07, 6.45) is 1.30. The second kappa shape index (κ2) is 4.24. The van der Waals surface area contributed by atoms with Gasteiger partial charge in [-0.15, -0.1) is 0 Å². The van der Waals surface area contributed by atoms with Crippen LogP contribution in [0.25, 0.3) is 0 Å². The Balaban J connectivity index is 2.45. The third-order valence-electron chi connectivity index (χ3n) is 2.53. The van der Waals surface area contributed by atoms with Gasteiger partial charge in [-0.3, -0.25) is 0 Å². The molecule has 0 aromatic rings. The highest BCUT2D eigenvalue weighted by atomic mass is 15.1. The van der Waals surface area contributed by atoms with Crippen LogP contribution < -0.4 is 5.32 Å². The third kappa shape index (κ3) is 3.11. The Morgan fingerprint density at radius 1 is 1.42 bits per heavy atom. The van der Waals surface area contributed by atoms with Gasteiger partial charge in [-0.2, -0.15) is 0 Å². The van der Waals surface area contributed by atoms with E-state index in [0.717, 1.165) is 6.54 Å². The van der Waals surface area contributed by atoms with Crippen LogP contribution in [0.5, 0.6) is 0 Å². The summed E-state index contributed by atoms with van der Waals surface area (Å²) >= 11 is 0. The zero-order valence-corrected chi connectivity index (χ0v) is 8.69. The van der Waals surface area contributed by atoms with Crippen LogP contribution in [-0.2, 0) is 0 Å². The predicted octanol–water partition coefficient (Wildman–Crippen LogP) is 1.33. The summed E-state index contributed by atoms with van der Waals surface area (Å²) in [6, 6.07) is 0. The molecule has 0 aromatic heterocycles. The Morgan fingerprint density at radius 3 is 2.83 bits per heavy atom. The number of rotatable bonds is 1. The van der Waals surface area contributed by atoms with Gasteiger partial charge in [-0.1, -0.05) is 20.8 Å². The van der Waals surface area contributed by atoms with Gasteiger partial charge in [0.25, 0.3) is 0 Å². The molecule has 0 bridgehead atoms. The molecule has 0 unspecified atom stereocenters. The molecule has 0 saturated carbocycles. The van der Waals surface area contributed by atoms with Gasteiger partial charge in [-0.05, 0) is 31.5 Å². The minimum atomic E-state index is 0.441. The maximum absolute atomic E-state index is 3.50. The van der Waals surface area contributed by atoms with Crippen LogP contribution in [0, 0.1) is 5.41 Å². The molecule has 1 fully saturated rings. The molecule has 1 saturated heterocycles. The number of hydrogen-bond acceptors (Lipinski definition) is 2. The lowest BCUT2D eigenvalue weighted by molar-refractivity contribution is 0.163. The van der Waals surface area contributed by atoms with Crippen molar-refractivity contribution in [2.75, 3.05) is 32.7 Å². The molecule has 72 valence electrons. The van der Waals surface area contributed by atoms with Crippen LogP contribution in [-0.4, -0.2) is 37.6 Å². The maximum Gasteiger partial charge on any atom is 0.00447 e. The summed E-state index contributed by atoms with van der Waals surface area (Å²) in [5.74, 6) is 0. The number of nitrogens with zero attached hydrogens (tertiary/aromatic N) is 1. The van der Waals surface area contributed by atoms with Crippen molar-refractivity contribution in [3.8, 4) is 0 Å². The first kappa shape index (κ1) is 10.0. The second-order valence-corrected chi connectivity index (χ2v) is 4.56. The summed E-state index contributed by atoms with van der Waals surface area (Å²) in [5.41, 5.74) is 0.441. The van der Waals surface area contributed by atoms with Crippen LogP contribution in [0.4, 0.5) is 0 Å². The SMILES string of the molecule is CCN1CCCNCC(C)(C)C1. The Bertz CT molecular complexity index is 132. The predicted molar refractivity (Wildman–Crippen MR) is 53.4 cm³/mol. The van der Waals surface area contributed by atoms with Crippen LogP contribution in [0.3, 0.4) is 0 Å². The molecule has 0 amide bonds. The highest BCUT2D eigenvalue weighted by Crippen LogP contribution is 2.17. The first-order chi connectivity index (χ1) is 5.64. The van der Waals surface area contributed by atoms with Crippen molar-refractivity contribution >= 4 is 0 Å². The smallest absolute Gasteiger partial charge is 0.00447 e. The summed E-state index contributed by atoms with van der Waals surface area (Å²) in [5, 5.41) is 3.50. The van der Waals surface area contributed by atoms with Crippen molar-refractivity contribution in [2.24, 2.45) is 5.41 Å². The molecule has 1 aliphatic heterocycles. The van der Waals surface area contributed by atoms with Gasteiger partial charge in [0, 0.05) is 13.1 Å². The zero-order valence-electron chi connectivity index (χ0n) is 8.69. The van der Waals surface area contributed by atoms with E-state index in [-0.39, 0.29) is 0 Å². The van der Waals surface area contributed by atoms with Gasteiger partial charge in [0.1, 0.15) is 0 Å². The highest BCUT2D eigenvalue weighted by Gasteiger charge is 2.21. The van der Waals surface area contributed by atoms with E-state index in [4.69, 9.17) is 0 Å². The van der Waals surface area contributed by atoms with Gasteiger partial charge in [0.15, 0.2) is 0 Å². The summed E-state index contributed by atoms with van der Waals surface area (Å²) in [6.45, 7) is 13.0. The Kier molecular flexibility index (Phi) is 3.53. The topological polar surface area (TPSA) is 15.3 Å². The highest BCUT2D eigenvalue weighted by molar-refractivity contribution is 4.78. The molecule has 1 aliphatic rings. The lowest BCUT2D eigenvalue weighted by Crippen LogP contribution is -2.44. The molecule has 0 spiro atoms. The molecular formula is C10H22N2. The van der Waals surface area contributed by atoms with Crippen LogP contribution in [0.1, 0.15) is 27.2 Å². The summed E-state index contributed by atoms with van der Waals surface area (Å²) in [4.78, 5) is 2.56. The van der Waals surface area contributed by atoms with E-state index in [9.17, 15) is 0 Å². The normalized spacial score (nSPS) is 26.2. The van der Waals surface area contributed by atoms with E-state index >= 15 is 0 Å². The Hall–Kier alpha value is -0.0800. The van der Waals surface area contributed by atoms with E-state index in [1.807, 2.05) is 0 Å². The second-order valence-electron chi connectivity index (χ2n) is 4.56. The van der Waals surface area contributed by atoms with Gasteiger partial charge in [-0.25, -0.2) is 0 Å². The van der Waals surface area contributed by atoms with Crippen molar-refractivity contribution in [1.82, 2.24) is 10.2 Å². The summed E-state index contributed by atoms with van der Waals surface area (Å²) in [7, 11) is 0.